The molecule has 1 aliphatic rings. The number of carbonyl (C=O) groups is 1. The van der Waals surface area contributed by atoms with Gasteiger partial charge in [0.1, 0.15) is 0 Å². The molecule has 4 N–H and O–H groups in total. The second kappa shape index (κ2) is 6.82. The molecule has 0 radical (unpaired) electrons. The number of carbonyl (C=O) groups excluding carboxylic acids is 1. The molecule has 1 aromatic carbocycles. The van der Waals surface area contributed by atoms with Gasteiger partial charge in [-0.05, 0) is 43.4 Å². The highest BCUT2D eigenvalue weighted by molar-refractivity contribution is 7.89. The molecule has 1 unspecified atom stereocenters. The van der Waals surface area contributed by atoms with Gasteiger partial charge in [0, 0.05) is 24.4 Å². The first kappa shape index (κ1) is 18.6. The molecular weight excluding hydrogens is 356 g/mol. The van der Waals surface area contributed by atoms with Gasteiger partial charge in [-0.3, -0.25) is 9.48 Å². The number of aliphatic hydroxyl groups is 1. The van der Waals surface area contributed by atoms with Gasteiger partial charge in [0.05, 0.1) is 23.2 Å². The van der Waals surface area contributed by atoms with Crippen molar-refractivity contribution >= 4 is 15.9 Å². The zero-order valence-corrected chi connectivity index (χ0v) is 15.4. The van der Waals surface area contributed by atoms with E-state index in [-0.39, 0.29) is 34.4 Å². The number of hydrogen-bond acceptors (Lipinski definition) is 5. The monoisotopic (exact) mass is 378 g/mol. The van der Waals surface area contributed by atoms with Crippen LogP contribution in [0.4, 0.5) is 0 Å². The summed E-state index contributed by atoms with van der Waals surface area (Å²) >= 11 is 0. The van der Waals surface area contributed by atoms with Gasteiger partial charge in [-0.15, -0.1) is 0 Å². The van der Waals surface area contributed by atoms with Gasteiger partial charge >= 0.3 is 0 Å². The maximum absolute atomic E-state index is 12.8. The molecule has 26 heavy (non-hydrogen) atoms. The van der Waals surface area contributed by atoms with Gasteiger partial charge in [0.2, 0.25) is 10.0 Å². The Hall–Kier alpha value is -2.23. The highest BCUT2D eigenvalue weighted by atomic mass is 32.2. The van der Waals surface area contributed by atoms with E-state index in [9.17, 15) is 18.3 Å². The van der Waals surface area contributed by atoms with Gasteiger partial charge in [-0.2, -0.15) is 5.10 Å². The lowest BCUT2D eigenvalue weighted by atomic mass is 9.75. The summed E-state index contributed by atoms with van der Waals surface area (Å²) in [7, 11) is -2.11. The largest absolute Gasteiger partial charge is 0.393 e. The molecule has 2 aromatic rings. The maximum Gasteiger partial charge on any atom is 0.252 e. The summed E-state index contributed by atoms with van der Waals surface area (Å²) in [6, 6.07) is 3.91. The molecule has 3 rings (SSSR count). The van der Waals surface area contributed by atoms with Crippen molar-refractivity contribution in [3.63, 3.8) is 0 Å². The highest BCUT2D eigenvalue weighted by Gasteiger charge is 2.36. The summed E-state index contributed by atoms with van der Waals surface area (Å²) in [5.41, 5.74) is 1.75. The smallest absolute Gasteiger partial charge is 0.252 e. The lowest BCUT2D eigenvalue weighted by Crippen LogP contribution is -2.41. The Balaban J connectivity index is 1.88. The number of benzene rings is 1. The molecule has 8 nitrogen and oxygen atoms in total. The van der Waals surface area contributed by atoms with Crippen LogP contribution < -0.4 is 10.5 Å². The van der Waals surface area contributed by atoms with Crippen molar-refractivity contribution in [1.29, 1.82) is 0 Å². The van der Waals surface area contributed by atoms with E-state index in [0.29, 0.717) is 18.4 Å². The number of amides is 1. The van der Waals surface area contributed by atoms with E-state index in [4.69, 9.17) is 5.14 Å². The molecule has 140 valence electrons. The average molecular weight is 378 g/mol. The number of nitrogens with two attached hydrogens (primary N) is 1. The fraction of sp³-hybridized carbons (Fsp3) is 0.412. The zero-order valence-electron chi connectivity index (χ0n) is 14.6. The second-order valence-corrected chi connectivity index (χ2v) is 8.37. The molecule has 1 aliphatic carbocycles. The Morgan fingerprint density at radius 2 is 2.12 bits per heavy atom. The van der Waals surface area contributed by atoms with Gasteiger partial charge in [0.15, 0.2) is 0 Å². The third-order valence-electron chi connectivity index (χ3n) is 4.77. The Labute approximate surface area is 152 Å². The molecule has 1 atom stereocenters. The molecule has 1 heterocycles. The zero-order chi connectivity index (χ0) is 19.1. The Morgan fingerprint density at radius 1 is 1.42 bits per heavy atom. The standard InChI is InChI=1S/C17H22N4O4S/c1-10-3-4-14(26(18,24)25)7-15(10)17(23)20-16(11-5-13(22)6-11)12-8-19-21(2)9-12/h3-4,7-9,11,13,16,22H,5-6H2,1-2H3,(H,20,23)(H2,18,24,25). The fourth-order valence-electron chi connectivity index (χ4n) is 3.22. The Bertz CT molecular complexity index is 932. The molecule has 9 heteroatoms. The number of primary sulfonamides is 1. The highest BCUT2D eigenvalue weighted by Crippen LogP contribution is 2.38. The minimum atomic E-state index is -3.90. The topological polar surface area (TPSA) is 127 Å². The lowest BCUT2D eigenvalue weighted by Gasteiger charge is -2.37. The van der Waals surface area contributed by atoms with Crippen molar-refractivity contribution in [3.8, 4) is 0 Å². The van der Waals surface area contributed by atoms with Crippen molar-refractivity contribution in [2.75, 3.05) is 0 Å². The van der Waals surface area contributed by atoms with E-state index in [0.717, 1.165) is 5.56 Å². The van der Waals surface area contributed by atoms with Crippen LogP contribution in [0.25, 0.3) is 0 Å². The number of aliphatic hydroxyl groups excluding tert-OH is 1. The minimum absolute atomic E-state index is 0.0971. The van der Waals surface area contributed by atoms with Crippen molar-refractivity contribution in [3.05, 3.63) is 47.3 Å². The predicted molar refractivity (Wildman–Crippen MR) is 94.7 cm³/mol. The van der Waals surface area contributed by atoms with Gasteiger partial charge < -0.3 is 10.4 Å². The first-order chi connectivity index (χ1) is 12.1. The van der Waals surface area contributed by atoms with Crippen LogP contribution in [-0.4, -0.2) is 35.3 Å². The van der Waals surface area contributed by atoms with Crippen LogP contribution in [0.5, 0.6) is 0 Å². The van der Waals surface area contributed by atoms with Crippen molar-refractivity contribution in [2.24, 2.45) is 18.1 Å². The van der Waals surface area contributed by atoms with Gasteiger partial charge in [-0.1, -0.05) is 6.07 Å². The molecule has 1 amide bonds. The van der Waals surface area contributed by atoms with Crippen LogP contribution in [0.2, 0.25) is 0 Å². The molecule has 0 aliphatic heterocycles. The van der Waals surface area contributed by atoms with Crippen LogP contribution in [0, 0.1) is 12.8 Å². The van der Waals surface area contributed by atoms with Crippen LogP contribution >= 0.6 is 0 Å². The SMILES string of the molecule is Cc1ccc(S(N)(=O)=O)cc1C(=O)NC(c1cnn(C)c1)C1CC(O)C1. The molecule has 0 spiro atoms. The van der Waals surface area contributed by atoms with Crippen LogP contribution in [0.1, 0.15) is 40.4 Å². The number of nitrogens with zero attached hydrogens (tertiary/aromatic N) is 2. The van der Waals surface area contributed by atoms with E-state index in [1.165, 1.54) is 12.1 Å². The summed E-state index contributed by atoms with van der Waals surface area (Å²) in [5.74, 6) is -0.289. The second-order valence-electron chi connectivity index (χ2n) is 6.81. The summed E-state index contributed by atoms with van der Waals surface area (Å²) < 4.78 is 24.8. The quantitative estimate of drug-likeness (QED) is 0.703. The summed E-state index contributed by atoms with van der Waals surface area (Å²) in [6.07, 6.45) is 4.34. The number of sulfonamides is 1. The van der Waals surface area contributed by atoms with Crippen LogP contribution in [0.3, 0.4) is 0 Å². The number of hydrogen-bond donors (Lipinski definition) is 3. The van der Waals surface area contributed by atoms with Crippen molar-refractivity contribution in [1.82, 2.24) is 15.1 Å². The van der Waals surface area contributed by atoms with E-state index in [2.05, 4.69) is 10.4 Å². The molecule has 1 saturated carbocycles. The number of rotatable bonds is 5. The van der Waals surface area contributed by atoms with E-state index in [1.54, 1.807) is 30.9 Å². The van der Waals surface area contributed by atoms with E-state index in [1.807, 2.05) is 6.20 Å². The molecular formula is C17H22N4O4S. The van der Waals surface area contributed by atoms with Crippen molar-refractivity contribution < 1.29 is 18.3 Å². The first-order valence-electron chi connectivity index (χ1n) is 8.26. The molecule has 0 bridgehead atoms. The van der Waals surface area contributed by atoms with Crippen LogP contribution in [-0.2, 0) is 17.1 Å². The summed E-state index contributed by atoms with van der Waals surface area (Å²) in [6.45, 7) is 1.73. The number of aromatic nitrogens is 2. The lowest BCUT2D eigenvalue weighted by molar-refractivity contribution is 0.0235. The normalized spacial score (nSPS) is 21.1. The molecule has 0 saturated heterocycles. The van der Waals surface area contributed by atoms with Gasteiger partial charge in [0.25, 0.3) is 5.91 Å². The fourth-order valence-corrected chi connectivity index (χ4v) is 3.76. The Morgan fingerprint density at radius 3 is 2.65 bits per heavy atom. The predicted octanol–water partition coefficient (Wildman–Crippen LogP) is 0.618. The average Bonchev–Trinajstić information content (AvgIpc) is 2.95. The molecule has 1 aromatic heterocycles. The maximum atomic E-state index is 12.8. The summed E-state index contributed by atoms with van der Waals surface area (Å²) in [5, 5.41) is 21.9. The number of nitrogens with one attached hydrogen (secondary N) is 1. The van der Waals surface area contributed by atoms with Crippen molar-refractivity contribution in [2.45, 2.75) is 36.8 Å². The minimum Gasteiger partial charge on any atom is -0.393 e. The Kier molecular flexibility index (Phi) is 4.87. The van der Waals surface area contributed by atoms with Crippen LogP contribution in [0.15, 0.2) is 35.5 Å². The summed E-state index contributed by atoms with van der Waals surface area (Å²) in [4.78, 5) is 12.7. The molecule has 1 fully saturated rings. The van der Waals surface area contributed by atoms with E-state index >= 15 is 0 Å². The first-order valence-corrected chi connectivity index (χ1v) is 9.80. The number of aryl methyl sites for hydroxylation is 2. The third-order valence-corrected chi connectivity index (χ3v) is 5.68. The van der Waals surface area contributed by atoms with Gasteiger partial charge in [-0.25, -0.2) is 13.6 Å². The van der Waals surface area contributed by atoms with E-state index < -0.39 is 10.0 Å². The third kappa shape index (κ3) is 3.79.